The van der Waals surface area contributed by atoms with Crippen molar-refractivity contribution >= 4 is 39.8 Å². The van der Waals surface area contributed by atoms with Gasteiger partial charge in [-0.2, -0.15) is 10.5 Å². The number of amides is 1. The summed E-state index contributed by atoms with van der Waals surface area (Å²) in [6.45, 7) is 0.567. The smallest absolute Gasteiger partial charge is 0.282 e. The summed E-state index contributed by atoms with van der Waals surface area (Å²) in [5.74, 6) is -1.05. The van der Waals surface area contributed by atoms with Crippen molar-refractivity contribution in [1.82, 2.24) is 15.3 Å². The highest BCUT2D eigenvalue weighted by atomic mass is 35.5. The van der Waals surface area contributed by atoms with E-state index in [0.717, 1.165) is 27.8 Å². The van der Waals surface area contributed by atoms with Gasteiger partial charge < -0.3 is 4.90 Å². The lowest BCUT2D eigenvalue weighted by Crippen LogP contribution is -2.18. The standard InChI is InChI=1S/C25H14ClFN6O/c26-19-9-23-15(8-20(19)27)5-6-33(23)24-17(10-28)12-30-21-3-1-14(7-18(21)24)16-2-4-22(31-11-16)25(34)32-13-29/h1-4,7-9,11-12H,5-6H2,(H,32,34). The van der Waals surface area contributed by atoms with Gasteiger partial charge in [-0.1, -0.05) is 23.7 Å². The monoisotopic (exact) mass is 468 g/mol. The van der Waals surface area contributed by atoms with E-state index >= 15 is 0 Å². The molecule has 1 aliphatic rings. The van der Waals surface area contributed by atoms with Crippen LogP contribution in [0.25, 0.3) is 22.0 Å². The lowest BCUT2D eigenvalue weighted by atomic mass is 10.0. The molecule has 1 amide bonds. The number of benzene rings is 2. The zero-order chi connectivity index (χ0) is 23.8. The minimum atomic E-state index is -0.583. The maximum Gasteiger partial charge on any atom is 0.282 e. The number of halogens is 2. The number of anilines is 2. The second-order valence-corrected chi connectivity index (χ2v) is 8.07. The number of pyridine rings is 2. The van der Waals surface area contributed by atoms with Gasteiger partial charge in [-0.15, -0.1) is 0 Å². The van der Waals surface area contributed by atoms with Crippen LogP contribution < -0.4 is 10.2 Å². The number of nitriles is 2. The summed E-state index contributed by atoms with van der Waals surface area (Å²) in [5.41, 5.74) is 5.01. The minimum absolute atomic E-state index is 0.0230. The van der Waals surface area contributed by atoms with Gasteiger partial charge >= 0.3 is 0 Å². The van der Waals surface area contributed by atoms with Crippen molar-refractivity contribution < 1.29 is 9.18 Å². The molecule has 1 aliphatic heterocycles. The second-order valence-electron chi connectivity index (χ2n) is 7.66. The zero-order valence-corrected chi connectivity index (χ0v) is 18.3. The first-order valence-corrected chi connectivity index (χ1v) is 10.6. The molecule has 34 heavy (non-hydrogen) atoms. The van der Waals surface area contributed by atoms with Crippen molar-refractivity contribution in [3.63, 3.8) is 0 Å². The molecule has 0 spiro atoms. The molecule has 3 heterocycles. The van der Waals surface area contributed by atoms with E-state index in [1.165, 1.54) is 18.3 Å². The van der Waals surface area contributed by atoms with Crippen molar-refractivity contribution in [3.05, 3.63) is 82.5 Å². The lowest BCUT2D eigenvalue weighted by Gasteiger charge is -2.23. The van der Waals surface area contributed by atoms with E-state index in [1.807, 2.05) is 28.4 Å². The van der Waals surface area contributed by atoms with E-state index in [0.29, 0.717) is 29.7 Å². The van der Waals surface area contributed by atoms with Gasteiger partial charge in [-0.3, -0.25) is 20.1 Å². The van der Waals surface area contributed by atoms with Gasteiger partial charge in [0.2, 0.25) is 0 Å². The first-order chi connectivity index (χ1) is 16.5. The highest BCUT2D eigenvalue weighted by Crippen LogP contribution is 2.42. The molecular formula is C25H14ClFN6O. The summed E-state index contributed by atoms with van der Waals surface area (Å²) in [7, 11) is 0. The van der Waals surface area contributed by atoms with Crippen LogP contribution in [0.2, 0.25) is 5.02 Å². The maximum absolute atomic E-state index is 14.0. The van der Waals surface area contributed by atoms with E-state index in [9.17, 15) is 14.4 Å². The van der Waals surface area contributed by atoms with Crippen LogP contribution in [0.1, 0.15) is 21.6 Å². The van der Waals surface area contributed by atoms with Crippen LogP contribution in [-0.2, 0) is 6.42 Å². The first kappa shape index (κ1) is 21.3. The van der Waals surface area contributed by atoms with Crippen molar-refractivity contribution in [3.8, 4) is 23.4 Å². The van der Waals surface area contributed by atoms with Crippen molar-refractivity contribution in [2.24, 2.45) is 0 Å². The van der Waals surface area contributed by atoms with Crippen LogP contribution in [-0.4, -0.2) is 22.4 Å². The molecule has 2 aromatic carbocycles. The Morgan fingerprint density at radius 1 is 1.09 bits per heavy atom. The number of carbonyl (C=O) groups excluding carboxylic acids is 1. The van der Waals surface area contributed by atoms with Gasteiger partial charge in [0.15, 0.2) is 6.19 Å². The molecule has 0 radical (unpaired) electrons. The molecular weight excluding hydrogens is 455 g/mol. The van der Waals surface area contributed by atoms with Gasteiger partial charge in [0.1, 0.15) is 17.6 Å². The summed E-state index contributed by atoms with van der Waals surface area (Å²) >= 11 is 6.06. The Kier molecular flexibility index (Phi) is 5.29. The van der Waals surface area contributed by atoms with E-state index in [1.54, 1.807) is 24.5 Å². The van der Waals surface area contributed by atoms with E-state index in [-0.39, 0.29) is 10.7 Å². The Morgan fingerprint density at radius 3 is 2.65 bits per heavy atom. The highest BCUT2D eigenvalue weighted by molar-refractivity contribution is 6.31. The fraction of sp³-hybridized carbons (Fsp3) is 0.0800. The summed E-state index contributed by atoms with van der Waals surface area (Å²) in [4.78, 5) is 22.3. The lowest BCUT2D eigenvalue weighted by molar-refractivity contribution is 0.0968. The topological polar surface area (TPSA) is 106 Å². The van der Waals surface area contributed by atoms with Crippen molar-refractivity contribution in [2.45, 2.75) is 6.42 Å². The fourth-order valence-electron chi connectivity index (χ4n) is 4.16. The highest BCUT2D eigenvalue weighted by Gasteiger charge is 2.26. The molecule has 4 aromatic rings. The third-order valence-corrected chi connectivity index (χ3v) is 6.04. The second kappa shape index (κ2) is 8.43. The molecule has 0 bridgehead atoms. The Hall–Kier alpha value is -4.53. The Labute approximate surface area is 198 Å². The number of fused-ring (bicyclic) bond motifs is 2. The maximum atomic E-state index is 14.0. The molecule has 2 aromatic heterocycles. The van der Waals surface area contributed by atoms with E-state index < -0.39 is 11.7 Å². The Bertz CT molecular complexity index is 1560. The van der Waals surface area contributed by atoms with Crippen molar-refractivity contribution in [1.29, 1.82) is 10.5 Å². The molecule has 0 aliphatic carbocycles. The van der Waals surface area contributed by atoms with E-state index in [2.05, 4.69) is 16.0 Å². The molecule has 164 valence electrons. The van der Waals surface area contributed by atoms with Crippen molar-refractivity contribution in [2.75, 3.05) is 11.4 Å². The Morgan fingerprint density at radius 2 is 1.91 bits per heavy atom. The summed E-state index contributed by atoms with van der Waals surface area (Å²) < 4.78 is 14.0. The number of hydrogen-bond acceptors (Lipinski definition) is 6. The normalized spacial score (nSPS) is 12.2. The van der Waals surface area contributed by atoms with Gasteiger partial charge in [0, 0.05) is 35.6 Å². The van der Waals surface area contributed by atoms with Crippen LogP contribution in [0.4, 0.5) is 15.8 Å². The predicted molar refractivity (Wildman–Crippen MR) is 125 cm³/mol. The van der Waals surface area contributed by atoms with Crippen LogP contribution in [0.3, 0.4) is 0 Å². The average molecular weight is 469 g/mol. The average Bonchev–Trinajstić information content (AvgIpc) is 3.25. The minimum Gasteiger partial charge on any atom is -0.339 e. The molecule has 9 heteroatoms. The SMILES string of the molecule is N#CNC(=O)c1ccc(-c2ccc3ncc(C#N)c(N4CCc5cc(F)c(Cl)cc54)c3c2)cn1. The number of carbonyl (C=O) groups is 1. The molecule has 0 saturated heterocycles. The third-order valence-electron chi connectivity index (χ3n) is 5.75. The summed E-state index contributed by atoms with van der Waals surface area (Å²) in [6.07, 6.45) is 5.28. The molecule has 5 rings (SSSR count). The molecule has 0 saturated carbocycles. The Balaban J connectivity index is 1.64. The number of nitrogens with one attached hydrogen (secondary N) is 1. The van der Waals surface area contributed by atoms with Gasteiger partial charge in [-0.25, -0.2) is 4.39 Å². The van der Waals surface area contributed by atoms with Crippen LogP contribution in [0, 0.1) is 28.6 Å². The number of nitrogens with zero attached hydrogens (tertiary/aromatic N) is 5. The van der Waals surface area contributed by atoms with Crippen LogP contribution >= 0.6 is 11.6 Å². The zero-order valence-electron chi connectivity index (χ0n) is 17.5. The number of rotatable bonds is 3. The molecule has 0 fully saturated rings. The number of aromatic nitrogens is 2. The predicted octanol–water partition coefficient (Wildman–Crippen LogP) is 4.87. The summed E-state index contributed by atoms with van der Waals surface area (Å²) in [5, 5.41) is 21.2. The van der Waals surface area contributed by atoms with Gasteiger partial charge in [0.25, 0.3) is 5.91 Å². The fourth-order valence-corrected chi connectivity index (χ4v) is 4.32. The van der Waals surface area contributed by atoms with Gasteiger partial charge in [-0.05, 0) is 47.9 Å². The molecule has 0 unspecified atom stereocenters. The molecule has 1 N–H and O–H groups in total. The van der Waals surface area contributed by atoms with Crippen LogP contribution in [0.15, 0.2) is 54.9 Å². The quantitative estimate of drug-likeness (QED) is 0.340. The third kappa shape index (κ3) is 3.57. The molecule has 7 nitrogen and oxygen atoms in total. The largest absolute Gasteiger partial charge is 0.339 e. The van der Waals surface area contributed by atoms with Crippen LogP contribution in [0.5, 0.6) is 0 Å². The number of hydrogen-bond donors (Lipinski definition) is 1. The first-order valence-electron chi connectivity index (χ1n) is 10.2. The summed E-state index contributed by atoms with van der Waals surface area (Å²) in [6, 6.07) is 14.1. The molecule has 0 atom stereocenters. The van der Waals surface area contributed by atoms with E-state index in [4.69, 9.17) is 16.9 Å². The van der Waals surface area contributed by atoms with Gasteiger partial charge in [0.05, 0.1) is 21.8 Å².